The number of halogens is 6. The molecular formula is C24H26F6N4O2. The Balaban J connectivity index is 1.57. The summed E-state index contributed by atoms with van der Waals surface area (Å²) in [7, 11) is 0. The van der Waals surface area contributed by atoms with Crippen LogP contribution in [0.25, 0.3) is 11.0 Å². The molecule has 1 fully saturated rings. The molecule has 0 spiro atoms. The summed E-state index contributed by atoms with van der Waals surface area (Å²) in [6.45, 7) is 5.11. The van der Waals surface area contributed by atoms with Crippen LogP contribution in [0.1, 0.15) is 62.9 Å². The van der Waals surface area contributed by atoms with Gasteiger partial charge in [-0.3, -0.25) is 4.98 Å². The zero-order valence-electron chi connectivity index (χ0n) is 19.8. The van der Waals surface area contributed by atoms with Gasteiger partial charge in [-0.1, -0.05) is 0 Å². The van der Waals surface area contributed by atoms with Gasteiger partial charge in [0.25, 0.3) is 6.43 Å². The topological polar surface area (TPSA) is 72.2 Å². The largest absolute Gasteiger partial charge is 0.492 e. The number of fused-ring (bicyclic) bond motifs is 1. The molecule has 0 amide bonds. The number of aromatic nitrogens is 3. The first-order valence-corrected chi connectivity index (χ1v) is 11.4. The van der Waals surface area contributed by atoms with E-state index in [0.29, 0.717) is 6.07 Å². The second kappa shape index (κ2) is 9.55. The minimum atomic E-state index is -4.64. The molecule has 0 saturated carbocycles. The van der Waals surface area contributed by atoms with E-state index in [1.165, 1.54) is 17.0 Å². The third kappa shape index (κ3) is 5.15. The second-order valence-electron chi connectivity index (χ2n) is 9.49. The van der Waals surface area contributed by atoms with Crippen LogP contribution in [0.15, 0.2) is 30.7 Å². The number of rotatable bonds is 6. The summed E-state index contributed by atoms with van der Waals surface area (Å²) < 4.78 is 88.9. The number of ether oxygens (including phenoxy) is 1. The molecule has 3 heterocycles. The SMILES string of the molecule is CC(C)n1cnc2cc(OC[C@@H]3C[C@](O)(c4cnc(C(F)F)cc4F)C[C@H](C)N3)cc(C(F)(F)F)c21. The molecule has 0 unspecified atom stereocenters. The predicted molar refractivity (Wildman–Crippen MR) is 119 cm³/mol. The van der Waals surface area contributed by atoms with E-state index in [9.17, 15) is 31.4 Å². The highest BCUT2D eigenvalue weighted by molar-refractivity contribution is 5.81. The molecule has 2 N–H and O–H groups in total. The van der Waals surface area contributed by atoms with Crippen molar-refractivity contribution in [2.75, 3.05) is 6.61 Å². The highest BCUT2D eigenvalue weighted by atomic mass is 19.4. The van der Waals surface area contributed by atoms with Gasteiger partial charge in [0.1, 0.15) is 23.9 Å². The zero-order chi connectivity index (χ0) is 26.4. The lowest BCUT2D eigenvalue weighted by atomic mass is 9.79. The summed E-state index contributed by atoms with van der Waals surface area (Å²) in [4.78, 5) is 7.66. The summed E-state index contributed by atoms with van der Waals surface area (Å²) in [5.41, 5.74) is -3.48. The van der Waals surface area contributed by atoms with Crippen molar-refractivity contribution < 1.29 is 36.2 Å². The van der Waals surface area contributed by atoms with Gasteiger partial charge in [-0.05, 0) is 39.7 Å². The Morgan fingerprint density at radius 1 is 1.19 bits per heavy atom. The summed E-state index contributed by atoms with van der Waals surface area (Å²) in [5, 5.41) is 14.4. The fourth-order valence-electron chi connectivity index (χ4n) is 4.79. The molecule has 4 rings (SSSR count). The maximum Gasteiger partial charge on any atom is 0.418 e. The Hall–Kier alpha value is -2.86. The van der Waals surface area contributed by atoms with Gasteiger partial charge in [-0.25, -0.2) is 18.2 Å². The van der Waals surface area contributed by atoms with E-state index in [-0.39, 0.29) is 53.9 Å². The summed E-state index contributed by atoms with van der Waals surface area (Å²) in [6.07, 6.45) is -5.34. The standard InChI is InChI=1S/C24H26F6N4O2/c1-12(2)34-11-32-19-5-15(4-16(21(19)34)24(28,29)30)36-10-14-8-23(35,7-13(3)33-14)17-9-31-20(22(26)27)6-18(17)25/h4-6,9,11-14,22,33,35H,7-8,10H2,1-3H3/t13-,14-,23-/m0/s1. The quantitative estimate of drug-likeness (QED) is 0.423. The molecule has 1 saturated heterocycles. The van der Waals surface area contributed by atoms with Crippen LogP contribution in [0.3, 0.4) is 0 Å². The number of nitrogens with zero attached hydrogens (tertiary/aromatic N) is 3. The van der Waals surface area contributed by atoms with Crippen molar-refractivity contribution in [3.05, 3.63) is 53.4 Å². The number of nitrogens with one attached hydrogen (secondary N) is 1. The monoisotopic (exact) mass is 516 g/mol. The average Bonchev–Trinajstić information content (AvgIpc) is 3.20. The smallest absolute Gasteiger partial charge is 0.418 e. The first kappa shape index (κ1) is 26.2. The Bertz CT molecular complexity index is 1250. The number of hydrogen-bond donors (Lipinski definition) is 2. The van der Waals surface area contributed by atoms with E-state index in [2.05, 4.69) is 15.3 Å². The van der Waals surface area contributed by atoms with Crippen LogP contribution in [-0.2, 0) is 11.8 Å². The number of aliphatic hydroxyl groups is 1. The fraction of sp³-hybridized carbons (Fsp3) is 0.500. The van der Waals surface area contributed by atoms with Crippen LogP contribution in [0.2, 0.25) is 0 Å². The first-order chi connectivity index (χ1) is 16.8. The Morgan fingerprint density at radius 3 is 2.53 bits per heavy atom. The second-order valence-corrected chi connectivity index (χ2v) is 9.49. The van der Waals surface area contributed by atoms with Crippen molar-refractivity contribution in [1.82, 2.24) is 19.9 Å². The lowest BCUT2D eigenvalue weighted by molar-refractivity contribution is -0.136. The number of piperidine rings is 1. The van der Waals surface area contributed by atoms with Crippen molar-refractivity contribution in [2.45, 2.75) is 69.9 Å². The molecule has 1 aromatic carbocycles. The molecule has 0 radical (unpaired) electrons. The third-order valence-electron chi connectivity index (χ3n) is 6.30. The molecule has 36 heavy (non-hydrogen) atoms. The number of pyridine rings is 1. The van der Waals surface area contributed by atoms with Crippen LogP contribution < -0.4 is 10.1 Å². The van der Waals surface area contributed by atoms with Gasteiger partial charge < -0.3 is 19.7 Å². The van der Waals surface area contributed by atoms with E-state index in [0.717, 1.165) is 12.3 Å². The molecule has 6 nitrogen and oxygen atoms in total. The van der Waals surface area contributed by atoms with Crippen LogP contribution in [0.4, 0.5) is 26.3 Å². The van der Waals surface area contributed by atoms with Crippen molar-refractivity contribution >= 4 is 11.0 Å². The Kier molecular flexibility index (Phi) is 6.95. The molecule has 1 aliphatic rings. The molecule has 0 bridgehead atoms. The highest BCUT2D eigenvalue weighted by Gasteiger charge is 2.41. The van der Waals surface area contributed by atoms with E-state index in [1.807, 2.05) is 0 Å². The zero-order valence-corrected chi connectivity index (χ0v) is 19.8. The third-order valence-corrected chi connectivity index (χ3v) is 6.30. The predicted octanol–water partition coefficient (Wildman–Crippen LogP) is 5.51. The average molecular weight is 516 g/mol. The van der Waals surface area contributed by atoms with Crippen molar-refractivity contribution in [2.24, 2.45) is 0 Å². The minimum absolute atomic E-state index is 0.0427. The van der Waals surface area contributed by atoms with Crippen molar-refractivity contribution in [1.29, 1.82) is 0 Å². The van der Waals surface area contributed by atoms with Gasteiger partial charge in [0.05, 0.1) is 28.5 Å². The summed E-state index contributed by atoms with van der Waals surface area (Å²) in [5.74, 6) is -1.06. The molecule has 0 aliphatic carbocycles. The normalized spacial score (nSPS) is 23.1. The highest BCUT2D eigenvalue weighted by Crippen LogP contribution is 2.39. The number of alkyl halides is 5. The van der Waals surface area contributed by atoms with Gasteiger partial charge in [0.15, 0.2) is 0 Å². The Labute approximate surface area is 203 Å². The summed E-state index contributed by atoms with van der Waals surface area (Å²) in [6, 6.07) is 1.77. The van der Waals surface area contributed by atoms with E-state index in [1.54, 1.807) is 20.8 Å². The number of hydrogen-bond acceptors (Lipinski definition) is 5. The molecule has 3 atom stereocenters. The van der Waals surface area contributed by atoms with Crippen LogP contribution in [0.5, 0.6) is 5.75 Å². The number of imidazole rings is 1. The van der Waals surface area contributed by atoms with Gasteiger partial charge in [0, 0.05) is 42.0 Å². The number of benzene rings is 1. The van der Waals surface area contributed by atoms with Gasteiger partial charge in [-0.2, -0.15) is 13.2 Å². The summed E-state index contributed by atoms with van der Waals surface area (Å²) >= 11 is 0. The van der Waals surface area contributed by atoms with Crippen LogP contribution >= 0.6 is 0 Å². The maximum atomic E-state index is 14.6. The van der Waals surface area contributed by atoms with Gasteiger partial charge >= 0.3 is 6.18 Å². The molecule has 1 aliphatic heterocycles. The van der Waals surface area contributed by atoms with Crippen LogP contribution in [-0.4, -0.2) is 38.3 Å². The maximum absolute atomic E-state index is 14.6. The molecule has 196 valence electrons. The van der Waals surface area contributed by atoms with Gasteiger partial charge in [-0.15, -0.1) is 0 Å². The van der Waals surface area contributed by atoms with E-state index in [4.69, 9.17) is 4.74 Å². The molecule has 3 aromatic rings. The fourth-order valence-corrected chi connectivity index (χ4v) is 4.79. The Morgan fingerprint density at radius 2 is 1.92 bits per heavy atom. The van der Waals surface area contributed by atoms with E-state index < -0.39 is 41.3 Å². The lowest BCUT2D eigenvalue weighted by Crippen LogP contribution is -2.53. The van der Waals surface area contributed by atoms with Gasteiger partial charge in [0.2, 0.25) is 0 Å². The molecular weight excluding hydrogens is 490 g/mol. The van der Waals surface area contributed by atoms with E-state index >= 15 is 0 Å². The lowest BCUT2D eigenvalue weighted by Gasteiger charge is -2.41. The minimum Gasteiger partial charge on any atom is -0.492 e. The molecule has 12 heteroatoms. The molecule has 2 aromatic heterocycles. The van der Waals surface area contributed by atoms with Crippen molar-refractivity contribution in [3.8, 4) is 5.75 Å². The van der Waals surface area contributed by atoms with Crippen LogP contribution in [0, 0.1) is 5.82 Å². The first-order valence-electron chi connectivity index (χ1n) is 11.4. The van der Waals surface area contributed by atoms with Crippen molar-refractivity contribution in [3.63, 3.8) is 0 Å².